The summed E-state index contributed by atoms with van der Waals surface area (Å²) in [4.78, 5) is 24.3. The fourth-order valence-corrected chi connectivity index (χ4v) is 5.48. The molecule has 0 spiro atoms. The van der Waals surface area contributed by atoms with Crippen LogP contribution >= 0.6 is 7.75 Å². The third kappa shape index (κ3) is 8.48. The van der Waals surface area contributed by atoms with E-state index in [0.29, 0.717) is 5.75 Å². The van der Waals surface area contributed by atoms with Crippen LogP contribution in [0.5, 0.6) is 11.5 Å². The van der Waals surface area contributed by atoms with E-state index in [-0.39, 0.29) is 12.4 Å². The standard InChI is InChI=1S/C26H35N2O11P/c1-16(29)27-21-23(31)22(30)20(38-24(21)32)15-37-40(34,39-19-12-10-18(35-4)11-13-19)28-26(2,3)25(33)36-14-17-8-6-5-7-9-17/h5-13,20-24,30-32H,14-15H2,1-4H3,(H,27,29)(H,28,34)/t20-,21-,22-,23-,24?,40?/m1/s1. The van der Waals surface area contributed by atoms with E-state index >= 15 is 0 Å². The second-order valence-corrected chi connectivity index (χ2v) is 11.3. The Labute approximate surface area is 231 Å². The highest BCUT2D eigenvalue weighted by Crippen LogP contribution is 2.47. The van der Waals surface area contributed by atoms with Gasteiger partial charge in [0.05, 0.1) is 13.7 Å². The highest BCUT2D eigenvalue weighted by atomic mass is 31.2. The minimum atomic E-state index is -4.42. The van der Waals surface area contributed by atoms with Gasteiger partial charge in [0.15, 0.2) is 6.29 Å². The number of nitrogens with one attached hydrogen (secondary N) is 2. The van der Waals surface area contributed by atoms with Gasteiger partial charge in [0.2, 0.25) is 5.91 Å². The molecule has 0 aromatic heterocycles. The Morgan fingerprint density at radius 1 is 1.00 bits per heavy atom. The second-order valence-electron chi connectivity index (χ2n) is 9.63. The van der Waals surface area contributed by atoms with E-state index in [2.05, 4.69) is 10.4 Å². The topological polar surface area (TPSA) is 182 Å². The van der Waals surface area contributed by atoms with E-state index in [1.165, 1.54) is 40.0 Å². The van der Waals surface area contributed by atoms with Crippen LogP contribution in [0.3, 0.4) is 0 Å². The molecule has 0 radical (unpaired) electrons. The van der Waals surface area contributed by atoms with Gasteiger partial charge in [0.25, 0.3) is 0 Å². The first-order valence-electron chi connectivity index (χ1n) is 12.4. The molecule has 1 aliphatic heterocycles. The number of benzene rings is 2. The number of esters is 1. The zero-order valence-corrected chi connectivity index (χ0v) is 23.4. The van der Waals surface area contributed by atoms with E-state index in [0.717, 1.165) is 5.56 Å². The van der Waals surface area contributed by atoms with E-state index in [4.69, 9.17) is 23.3 Å². The molecule has 6 atom stereocenters. The maximum Gasteiger partial charge on any atom is 0.459 e. The Morgan fingerprint density at radius 2 is 1.62 bits per heavy atom. The fraction of sp³-hybridized carbons (Fsp3) is 0.462. The van der Waals surface area contributed by atoms with E-state index in [1.807, 2.05) is 6.07 Å². The number of ether oxygens (including phenoxy) is 3. The van der Waals surface area contributed by atoms with Gasteiger partial charge in [-0.2, -0.15) is 5.09 Å². The van der Waals surface area contributed by atoms with Crippen molar-refractivity contribution in [3.05, 3.63) is 60.2 Å². The van der Waals surface area contributed by atoms with Gasteiger partial charge in [-0.1, -0.05) is 30.3 Å². The molecule has 5 N–H and O–H groups in total. The first-order chi connectivity index (χ1) is 18.8. The van der Waals surface area contributed by atoms with Gasteiger partial charge in [-0.25, -0.2) is 4.57 Å². The first-order valence-corrected chi connectivity index (χ1v) is 13.9. The number of hydrogen-bond donors (Lipinski definition) is 5. The first kappa shape index (κ1) is 31.5. The molecule has 13 nitrogen and oxygen atoms in total. The van der Waals surface area contributed by atoms with Crippen LogP contribution in [0.15, 0.2) is 54.6 Å². The Balaban J connectivity index is 1.76. The molecule has 3 rings (SSSR count). The molecule has 2 aromatic carbocycles. The average molecular weight is 583 g/mol. The zero-order valence-electron chi connectivity index (χ0n) is 22.6. The minimum absolute atomic E-state index is 0.0252. The van der Waals surface area contributed by atoms with Crippen molar-refractivity contribution < 1.29 is 52.7 Å². The summed E-state index contributed by atoms with van der Waals surface area (Å²) >= 11 is 0. The number of hydrogen-bond acceptors (Lipinski definition) is 11. The van der Waals surface area contributed by atoms with Crippen molar-refractivity contribution in [3.8, 4) is 11.5 Å². The lowest BCUT2D eigenvalue weighted by atomic mass is 9.97. The number of methoxy groups -OCH3 is 1. The molecular weight excluding hydrogens is 547 g/mol. The average Bonchev–Trinajstić information content (AvgIpc) is 2.91. The van der Waals surface area contributed by atoms with Crippen molar-refractivity contribution in [3.63, 3.8) is 0 Å². The van der Waals surface area contributed by atoms with E-state index in [9.17, 15) is 29.5 Å². The molecule has 2 unspecified atom stereocenters. The van der Waals surface area contributed by atoms with Gasteiger partial charge in [0, 0.05) is 6.92 Å². The maximum absolute atomic E-state index is 13.9. The molecule has 1 amide bonds. The van der Waals surface area contributed by atoms with Gasteiger partial charge in [-0.15, -0.1) is 0 Å². The van der Waals surface area contributed by atoms with Crippen LogP contribution in [-0.2, 0) is 34.8 Å². The summed E-state index contributed by atoms with van der Waals surface area (Å²) in [7, 11) is -2.95. The van der Waals surface area contributed by atoms with Crippen LogP contribution in [-0.4, -0.2) is 77.1 Å². The Kier molecular flexibility index (Phi) is 10.7. The quantitative estimate of drug-likeness (QED) is 0.179. The van der Waals surface area contributed by atoms with Gasteiger partial charge in [0.1, 0.15) is 48.0 Å². The second kappa shape index (κ2) is 13.6. The number of carbonyl (C=O) groups excluding carboxylic acids is 2. The molecule has 220 valence electrons. The van der Waals surface area contributed by atoms with Crippen LogP contribution in [0.4, 0.5) is 0 Å². The number of carbonyl (C=O) groups is 2. The third-order valence-electron chi connectivity index (χ3n) is 5.92. The summed E-state index contributed by atoms with van der Waals surface area (Å²) in [5, 5.41) is 36.1. The maximum atomic E-state index is 13.9. The predicted molar refractivity (Wildman–Crippen MR) is 141 cm³/mol. The lowest BCUT2D eigenvalue weighted by molar-refractivity contribution is -0.252. The summed E-state index contributed by atoms with van der Waals surface area (Å²) < 4.78 is 41.0. The monoisotopic (exact) mass is 582 g/mol. The Bertz CT molecular complexity index is 1180. The molecule has 0 saturated carbocycles. The van der Waals surface area contributed by atoms with Crippen LogP contribution in [0.2, 0.25) is 0 Å². The summed E-state index contributed by atoms with van der Waals surface area (Å²) in [6.07, 6.45) is -6.34. The van der Waals surface area contributed by atoms with Crippen molar-refractivity contribution in [1.29, 1.82) is 0 Å². The minimum Gasteiger partial charge on any atom is -0.497 e. The zero-order chi connectivity index (χ0) is 29.5. The summed E-state index contributed by atoms with van der Waals surface area (Å²) in [5.41, 5.74) is -0.836. The molecule has 0 aliphatic carbocycles. The van der Waals surface area contributed by atoms with Gasteiger partial charge in [-0.3, -0.25) is 14.1 Å². The SMILES string of the molecule is COc1ccc(OP(=O)(NC(C)(C)C(=O)OCc2ccccc2)OC[C@H]2OC(O)[C@H](NC(C)=O)[C@@H](O)[C@@H]2O)cc1. The molecule has 1 saturated heterocycles. The molecule has 0 bridgehead atoms. The third-order valence-corrected chi connectivity index (χ3v) is 7.70. The van der Waals surface area contributed by atoms with E-state index < -0.39 is 62.4 Å². The van der Waals surface area contributed by atoms with Crippen molar-refractivity contribution in [1.82, 2.24) is 10.4 Å². The summed E-state index contributed by atoms with van der Waals surface area (Å²) in [6, 6.07) is 13.7. The Hall–Kier alpha value is -3.03. The molecule has 1 fully saturated rings. The molecule has 2 aromatic rings. The van der Waals surface area contributed by atoms with Crippen LogP contribution in [0.1, 0.15) is 26.3 Å². The molecule has 1 aliphatic rings. The summed E-state index contributed by atoms with van der Waals surface area (Å²) in [5.74, 6) is -0.703. The lowest BCUT2D eigenvalue weighted by Gasteiger charge is -2.41. The van der Waals surface area contributed by atoms with E-state index in [1.54, 1.807) is 36.4 Å². The molecule has 14 heteroatoms. The van der Waals surface area contributed by atoms with Gasteiger partial charge < -0.3 is 39.4 Å². The number of rotatable bonds is 12. The van der Waals surface area contributed by atoms with Crippen LogP contribution in [0, 0.1) is 0 Å². The molecular formula is C26H35N2O11P. The van der Waals surface area contributed by atoms with Crippen molar-refractivity contribution in [2.75, 3.05) is 13.7 Å². The summed E-state index contributed by atoms with van der Waals surface area (Å²) in [6.45, 7) is 3.35. The number of amides is 1. The highest BCUT2D eigenvalue weighted by molar-refractivity contribution is 7.52. The van der Waals surface area contributed by atoms with Crippen molar-refractivity contribution in [2.24, 2.45) is 0 Å². The Morgan fingerprint density at radius 3 is 2.23 bits per heavy atom. The molecule has 40 heavy (non-hydrogen) atoms. The largest absolute Gasteiger partial charge is 0.497 e. The predicted octanol–water partition coefficient (Wildman–Crippen LogP) is 1.25. The normalized spacial score (nSPS) is 24.4. The number of aliphatic hydroxyl groups excluding tert-OH is 3. The van der Waals surface area contributed by atoms with Crippen LogP contribution in [0.25, 0.3) is 0 Å². The van der Waals surface area contributed by atoms with Crippen LogP contribution < -0.4 is 19.7 Å². The molecule has 1 heterocycles. The number of aliphatic hydroxyl groups is 3. The highest BCUT2D eigenvalue weighted by Gasteiger charge is 2.46. The lowest BCUT2D eigenvalue weighted by Crippen LogP contribution is -2.64. The van der Waals surface area contributed by atoms with Gasteiger partial charge >= 0.3 is 13.7 Å². The van der Waals surface area contributed by atoms with Crippen molar-refractivity contribution >= 4 is 19.6 Å². The fourth-order valence-electron chi connectivity index (χ4n) is 3.79. The smallest absolute Gasteiger partial charge is 0.459 e. The van der Waals surface area contributed by atoms with Gasteiger partial charge in [-0.05, 0) is 43.7 Å². The van der Waals surface area contributed by atoms with Crippen molar-refractivity contribution in [2.45, 2.75) is 63.6 Å².